The van der Waals surface area contributed by atoms with Crippen molar-refractivity contribution in [2.45, 2.75) is 46.7 Å². The lowest BCUT2D eigenvalue weighted by atomic mass is 10.0. The third-order valence-electron chi connectivity index (χ3n) is 5.74. The number of methoxy groups -OCH3 is 1. The van der Waals surface area contributed by atoms with Gasteiger partial charge in [-0.15, -0.1) is 0 Å². The van der Waals surface area contributed by atoms with Gasteiger partial charge in [-0.05, 0) is 49.6 Å². The van der Waals surface area contributed by atoms with Gasteiger partial charge in [0.1, 0.15) is 11.6 Å². The number of H-pyrrole nitrogens is 1. The van der Waals surface area contributed by atoms with E-state index in [9.17, 15) is 14.4 Å². The monoisotopic (exact) mass is 450 g/mol. The minimum Gasteiger partial charge on any atom is -0.496 e. The molecule has 2 aromatic carbocycles. The Hall–Kier alpha value is -3.81. The Morgan fingerprint density at radius 2 is 1.85 bits per heavy atom. The molecule has 0 radical (unpaired) electrons. The number of aromatic amines is 1. The predicted octanol–water partition coefficient (Wildman–Crippen LogP) is 3.39. The maximum absolute atomic E-state index is 13.7. The lowest BCUT2D eigenvalue weighted by Gasteiger charge is -2.25. The van der Waals surface area contributed by atoms with Crippen LogP contribution in [-0.4, -0.2) is 22.6 Å². The van der Waals surface area contributed by atoms with Crippen LogP contribution < -0.4 is 26.6 Å². The van der Waals surface area contributed by atoms with Gasteiger partial charge in [-0.1, -0.05) is 37.6 Å². The molecule has 1 amide bonds. The van der Waals surface area contributed by atoms with Crippen molar-refractivity contribution in [1.82, 2.24) is 9.55 Å². The maximum atomic E-state index is 13.7. The van der Waals surface area contributed by atoms with Crippen molar-refractivity contribution in [2.24, 2.45) is 0 Å². The molecule has 0 aliphatic heterocycles. The van der Waals surface area contributed by atoms with E-state index < -0.39 is 17.2 Å². The highest BCUT2D eigenvalue weighted by molar-refractivity contribution is 6.07. The van der Waals surface area contributed by atoms with Gasteiger partial charge in [0.2, 0.25) is 0 Å². The van der Waals surface area contributed by atoms with E-state index in [1.807, 2.05) is 45.0 Å². The van der Waals surface area contributed by atoms with E-state index in [4.69, 9.17) is 10.5 Å². The second kappa shape index (κ2) is 10.2. The number of nitrogens with one attached hydrogen (secondary N) is 1. The quantitative estimate of drug-likeness (QED) is 0.547. The fourth-order valence-electron chi connectivity index (χ4n) is 3.66. The molecule has 174 valence electrons. The number of carbonyl (C=O) groups is 1. The third kappa shape index (κ3) is 5.00. The molecule has 0 atom stereocenters. The molecule has 0 saturated carbocycles. The number of nitrogen functional groups attached to an aromatic ring is 1. The summed E-state index contributed by atoms with van der Waals surface area (Å²) in [6.45, 7) is 6.25. The topological polar surface area (TPSA) is 110 Å². The highest BCUT2D eigenvalue weighted by Crippen LogP contribution is 2.26. The SMILES string of the molecule is CCCCn1c(N)c(N(Cc2ccccc2OC)C(=O)c2ccc(C)c(C)c2)c(=O)[nH]c1=O. The van der Waals surface area contributed by atoms with E-state index in [0.717, 1.165) is 17.5 Å². The highest BCUT2D eigenvalue weighted by Gasteiger charge is 2.26. The number of hydrogen-bond acceptors (Lipinski definition) is 5. The summed E-state index contributed by atoms with van der Waals surface area (Å²) in [5.41, 5.74) is 8.09. The zero-order valence-corrected chi connectivity index (χ0v) is 19.5. The number of ether oxygens (including phenoxy) is 1. The molecule has 3 rings (SSSR count). The number of para-hydroxylation sites is 1. The van der Waals surface area contributed by atoms with E-state index in [2.05, 4.69) is 4.98 Å². The molecule has 0 spiro atoms. The Morgan fingerprint density at radius 1 is 1.12 bits per heavy atom. The molecule has 0 bridgehead atoms. The molecule has 0 unspecified atom stereocenters. The number of aryl methyl sites for hydroxylation is 2. The largest absolute Gasteiger partial charge is 0.496 e. The standard InChI is InChI=1S/C25H30N4O4/c1-5-6-13-28-22(26)21(23(30)27-25(28)32)29(15-19-9-7-8-10-20(19)33-4)24(31)18-12-11-16(2)17(3)14-18/h7-12,14H,5-6,13,15,26H2,1-4H3,(H,27,30,32). The first-order valence-electron chi connectivity index (χ1n) is 10.9. The smallest absolute Gasteiger partial charge is 0.330 e. The Balaban J connectivity index is 2.20. The van der Waals surface area contributed by atoms with Gasteiger partial charge in [-0.25, -0.2) is 4.79 Å². The number of benzene rings is 2. The van der Waals surface area contributed by atoms with E-state index in [1.165, 1.54) is 9.47 Å². The third-order valence-corrected chi connectivity index (χ3v) is 5.74. The molecule has 1 heterocycles. The first-order chi connectivity index (χ1) is 15.8. The van der Waals surface area contributed by atoms with Gasteiger partial charge in [0.15, 0.2) is 5.69 Å². The summed E-state index contributed by atoms with van der Waals surface area (Å²) in [6.07, 6.45) is 1.54. The normalized spacial score (nSPS) is 10.8. The summed E-state index contributed by atoms with van der Waals surface area (Å²) in [4.78, 5) is 42.7. The molecule has 1 aromatic heterocycles. The number of nitrogens with zero attached hydrogens (tertiary/aromatic N) is 2. The minimum absolute atomic E-state index is 0.0367. The van der Waals surface area contributed by atoms with Gasteiger partial charge in [0.05, 0.1) is 13.7 Å². The van der Waals surface area contributed by atoms with Gasteiger partial charge in [-0.3, -0.25) is 24.0 Å². The van der Waals surface area contributed by atoms with E-state index in [1.54, 1.807) is 25.3 Å². The number of hydrogen-bond donors (Lipinski definition) is 2. The fraction of sp³-hybridized carbons (Fsp3) is 0.320. The van der Waals surface area contributed by atoms with Crippen LogP contribution in [0.3, 0.4) is 0 Å². The van der Waals surface area contributed by atoms with Gasteiger partial charge >= 0.3 is 5.69 Å². The molecule has 8 nitrogen and oxygen atoms in total. The minimum atomic E-state index is -0.711. The number of nitrogens with two attached hydrogens (primary N) is 1. The molecular weight excluding hydrogens is 420 g/mol. The van der Waals surface area contributed by atoms with Crippen molar-refractivity contribution in [1.29, 1.82) is 0 Å². The summed E-state index contributed by atoms with van der Waals surface area (Å²) < 4.78 is 6.76. The summed E-state index contributed by atoms with van der Waals surface area (Å²) in [5.74, 6) is 0.135. The molecule has 33 heavy (non-hydrogen) atoms. The molecule has 8 heteroatoms. The van der Waals surface area contributed by atoms with Crippen LogP contribution in [0.15, 0.2) is 52.1 Å². The van der Waals surface area contributed by atoms with Crippen LogP contribution in [0.25, 0.3) is 0 Å². The second-order valence-corrected chi connectivity index (χ2v) is 8.00. The molecule has 0 fully saturated rings. The van der Waals surface area contributed by atoms with Crippen molar-refractivity contribution in [3.8, 4) is 5.75 Å². The first kappa shape index (κ1) is 23.8. The predicted molar refractivity (Wildman–Crippen MR) is 130 cm³/mol. The fourth-order valence-corrected chi connectivity index (χ4v) is 3.66. The number of anilines is 2. The number of rotatable bonds is 8. The van der Waals surface area contributed by atoms with Crippen LogP contribution >= 0.6 is 0 Å². The molecule has 0 saturated heterocycles. The Kier molecular flexibility index (Phi) is 7.37. The Labute approximate surface area is 192 Å². The van der Waals surface area contributed by atoms with Crippen LogP contribution in [0, 0.1) is 13.8 Å². The van der Waals surface area contributed by atoms with E-state index in [-0.39, 0.29) is 18.1 Å². The zero-order chi connectivity index (χ0) is 24.1. The highest BCUT2D eigenvalue weighted by atomic mass is 16.5. The van der Waals surface area contributed by atoms with Crippen LogP contribution in [0.5, 0.6) is 5.75 Å². The zero-order valence-electron chi connectivity index (χ0n) is 19.5. The Bertz CT molecular complexity index is 1280. The lowest BCUT2D eigenvalue weighted by Crippen LogP contribution is -2.41. The number of amides is 1. The second-order valence-electron chi connectivity index (χ2n) is 8.00. The van der Waals surface area contributed by atoms with E-state index in [0.29, 0.717) is 29.8 Å². The van der Waals surface area contributed by atoms with Crippen molar-refractivity contribution in [2.75, 3.05) is 17.7 Å². The van der Waals surface area contributed by atoms with E-state index >= 15 is 0 Å². The summed E-state index contributed by atoms with van der Waals surface area (Å²) in [7, 11) is 1.54. The first-order valence-corrected chi connectivity index (χ1v) is 10.9. The van der Waals surface area contributed by atoms with Gasteiger partial charge in [0, 0.05) is 17.7 Å². The number of unbranched alkanes of at least 4 members (excludes halogenated alkanes) is 1. The van der Waals surface area contributed by atoms with Crippen molar-refractivity contribution in [3.63, 3.8) is 0 Å². The van der Waals surface area contributed by atoms with Crippen molar-refractivity contribution < 1.29 is 9.53 Å². The molecule has 3 aromatic rings. The molecule has 0 aliphatic rings. The van der Waals surface area contributed by atoms with Gasteiger partial charge < -0.3 is 10.5 Å². The maximum Gasteiger partial charge on any atom is 0.330 e. The van der Waals surface area contributed by atoms with Crippen molar-refractivity contribution in [3.05, 3.63) is 85.6 Å². The average Bonchev–Trinajstić information content (AvgIpc) is 2.79. The molecular formula is C25H30N4O4. The summed E-state index contributed by atoms with van der Waals surface area (Å²) in [5, 5.41) is 0. The van der Waals surface area contributed by atoms with Gasteiger partial charge in [-0.2, -0.15) is 0 Å². The number of aromatic nitrogens is 2. The lowest BCUT2D eigenvalue weighted by molar-refractivity contribution is 0.0984. The van der Waals surface area contributed by atoms with Crippen molar-refractivity contribution >= 4 is 17.4 Å². The summed E-state index contributed by atoms with van der Waals surface area (Å²) >= 11 is 0. The van der Waals surface area contributed by atoms with Crippen LogP contribution in [-0.2, 0) is 13.1 Å². The molecule has 3 N–H and O–H groups in total. The Morgan fingerprint density at radius 3 is 2.52 bits per heavy atom. The summed E-state index contributed by atoms with van der Waals surface area (Å²) in [6, 6.07) is 12.6. The van der Waals surface area contributed by atoms with Crippen LogP contribution in [0.4, 0.5) is 11.5 Å². The molecule has 0 aliphatic carbocycles. The van der Waals surface area contributed by atoms with Crippen LogP contribution in [0.1, 0.15) is 46.8 Å². The number of carbonyl (C=O) groups excluding carboxylic acids is 1. The average molecular weight is 451 g/mol. The van der Waals surface area contributed by atoms with Crippen LogP contribution in [0.2, 0.25) is 0 Å². The van der Waals surface area contributed by atoms with Gasteiger partial charge in [0.25, 0.3) is 11.5 Å².